The molecule has 0 fully saturated rings. The first-order valence-electron chi connectivity index (χ1n) is 9.24. The van der Waals surface area contributed by atoms with Crippen molar-refractivity contribution in [1.82, 2.24) is 24.8 Å². The summed E-state index contributed by atoms with van der Waals surface area (Å²) in [6.07, 6.45) is 2.22. The summed E-state index contributed by atoms with van der Waals surface area (Å²) in [6.45, 7) is 2.62. The highest BCUT2D eigenvalue weighted by molar-refractivity contribution is 6.31. The van der Waals surface area contributed by atoms with Crippen molar-refractivity contribution < 1.29 is 4.79 Å². The number of amides is 1. The third kappa shape index (κ3) is 3.95. The van der Waals surface area contributed by atoms with Crippen LogP contribution in [0, 0.1) is 0 Å². The molecule has 0 aliphatic rings. The molecule has 4 aromatic rings. The van der Waals surface area contributed by atoms with Gasteiger partial charge in [-0.05, 0) is 36.8 Å². The van der Waals surface area contributed by atoms with Crippen LogP contribution in [-0.2, 0) is 6.54 Å². The van der Waals surface area contributed by atoms with Gasteiger partial charge < -0.3 is 9.88 Å². The van der Waals surface area contributed by atoms with Crippen LogP contribution < -0.4 is 5.56 Å². The van der Waals surface area contributed by atoms with E-state index >= 15 is 0 Å². The van der Waals surface area contributed by atoms with Gasteiger partial charge in [-0.1, -0.05) is 30.7 Å². The van der Waals surface area contributed by atoms with Crippen LogP contribution in [0.2, 0.25) is 5.02 Å². The topological polar surface area (TPSA) is 91.8 Å². The predicted molar refractivity (Wildman–Crippen MR) is 112 cm³/mol. The van der Waals surface area contributed by atoms with Gasteiger partial charge in [0.1, 0.15) is 11.5 Å². The third-order valence-electron chi connectivity index (χ3n) is 4.51. The van der Waals surface area contributed by atoms with Gasteiger partial charge in [0.05, 0.1) is 34.7 Å². The van der Waals surface area contributed by atoms with E-state index in [-0.39, 0.29) is 23.7 Å². The minimum Gasteiger partial charge on any atom is -0.330 e. The first-order chi connectivity index (χ1) is 14.0. The highest BCUT2D eigenvalue weighted by atomic mass is 35.5. The standard InChI is InChI=1S/C21H18ClN5O2/c1-2-9-27(21(29)18-11-23-15-5-3-4-6-16(15)24-18)12-19-25-17-10-13(22)7-8-14(17)20(28)26-19/h3-8,10-11H,2,9,12H2,1H3,(H,25,26,28). The molecule has 1 amide bonds. The van der Waals surface area contributed by atoms with Crippen molar-refractivity contribution in [3.05, 3.63) is 75.6 Å². The van der Waals surface area contributed by atoms with Gasteiger partial charge >= 0.3 is 0 Å². The molecular formula is C21H18ClN5O2. The normalized spacial score (nSPS) is 11.1. The van der Waals surface area contributed by atoms with Crippen LogP contribution in [0.25, 0.3) is 21.9 Å². The van der Waals surface area contributed by atoms with Crippen molar-refractivity contribution in [2.75, 3.05) is 6.54 Å². The Labute approximate surface area is 171 Å². The molecule has 0 saturated carbocycles. The van der Waals surface area contributed by atoms with E-state index in [9.17, 15) is 9.59 Å². The number of para-hydroxylation sites is 2. The molecule has 0 aliphatic carbocycles. The second-order valence-corrected chi connectivity index (χ2v) is 7.08. The lowest BCUT2D eigenvalue weighted by molar-refractivity contribution is 0.0733. The van der Waals surface area contributed by atoms with E-state index in [1.165, 1.54) is 6.20 Å². The monoisotopic (exact) mass is 407 g/mol. The Morgan fingerprint density at radius 1 is 1.10 bits per heavy atom. The zero-order valence-corrected chi connectivity index (χ0v) is 16.5. The molecule has 0 atom stereocenters. The number of benzene rings is 2. The summed E-state index contributed by atoms with van der Waals surface area (Å²) in [5.41, 5.74) is 1.86. The highest BCUT2D eigenvalue weighted by Crippen LogP contribution is 2.16. The summed E-state index contributed by atoms with van der Waals surface area (Å²) in [6, 6.07) is 12.3. The minimum absolute atomic E-state index is 0.152. The second kappa shape index (κ2) is 7.97. The lowest BCUT2D eigenvalue weighted by Crippen LogP contribution is -2.33. The van der Waals surface area contributed by atoms with Crippen molar-refractivity contribution in [3.8, 4) is 0 Å². The zero-order valence-electron chi connectivity index (χ0n) is 15.7. The molecule has 0 saturated heterocycles. The fraction of sp³-hybridized carbons (Fsp3) is 0.190. The van der Waals surface area contributed by atoms with Gasteiger partial charge in [0.25, 0.3) is 11.5 Å². The Hall–Kier alpha value is -3.32. The van der Waals surface area contributed by atoms with E-state index in [0.29, 0.717) is 33.8 Å². The predicted octanol–water partition coefficient (Wildman–Crippen LogP) is 3.57. The molecule has 7 nitrogen and oxygen atoms in total. The first kappa shape index (κ1) is 19.0. The number of H-pyrrole nitrogens is 1. The zero-order chi connectivity index (χ0) is 20.4. The SMILES string of the molecule is CCCN(Cc1nc2cc(Cl)ccc2c(=O)[nH]1)C(=O)c1cnc2ccccc2n1. The molecular weight excluding hydrogens is 390 g/mol. The molecule has 4 rings (SSSR count). The maximum atomic E-state index is 13.1. The average Bonchev–Trinajstić information content (AvgIpc) is 2.72. The summed E-state index contributed by atoms with van der Waals surface area (Å²) in [7, 11) is 0. The van der Waals surface area contributed by atoms with Crippen LogP contribution in [0.15, 0.2) is 53.5 Å². The van der Waals surface area contributed by atoms with E-state index in [1.54, 1.807) is 23.1 Å². The Kier molecular flexibility index (Phi) is 5.22. The summed E-state index contributed by atoms with van der Waals surface area (Å²) in [4.78, 5) is 43.0. The van der Waals surface area contributed by atoms with Crippen LogP contribution in [0.4, 0.5) is 0 Å². The van der Waals surface area contributed by atoms with Crippen molar-refractivity contribution in [1.29, 1.82) is 0 Å². The first-order valence-corrected chi connectivity index (χ1v) is 9.62. The number of nitrogens with zero attached hydrogens (tertiary/aromatic N) is 4. The van der Waals surface area contributed by atoms with E-state index in [2.05, 4.69) is 19.9 Å². The maximum Gasteiger partial charge on any atom is 0.274 e. The number of hydrogen-bond acceptors (Lipinski definition) is 5. The van der Waals surface area contributed by atoms with Crippen LogP contribution in [0.1, 0.15) is 29.7 Å². The van der Waals surface area contributed by atoms with Crippen molar-refractivity contribution in [2.24, 2.45) is 0 Å². The minimum atomic E-state index is -0.268. The van der Waals surface area contributed by atoms with Crippen molar-refractivity contribution >= 4 is 39.4 Å². The molecule has 2 aromatic carbocycles. The number of nitrogens with one attached hydrogen (secondary N) is 1. The molecule has 0 radical (unpaired) electrons. The number of carbonyl (C=O) groups is 1. The molecule has 0 bridgehead atoms. The molecule has 0 unspecified atom stereocenters. The number of aromatic nitrogens is 4. The van der Waals surface area contributed by atoms with Crippen LogP contribution >= 0.6 is 11.6 Å². The fourth-order valence-electron chi connectivity index (χ4n) is 3.16. The largest absolute Gasteiger partial charge is 0.330 e. The lowest BCUT2D eigenvalue weighted by atomic mass is 10.2. The molecule has 0 aliphatic heterocycles. The number of carbonyl (C=O) groups excluding carboxylic acids is 1. The van der Waals surface area contributed by atoms with Crippen LogP contribution in [0.3, 0.4) is 0 Å². The van der Waals surface area contributed by atoms with E-state index in [4.69, 9.17) is 11.6 Å². The van der Waals surface area contributed by atoms with E-state index in [0.717, 1.165) is 11.9 Å². The summed E-state index contributed by atoms with van der Waals surface area (Å²) < 4.78 is 0. The lowest BCUT2D eigenvalue weighted by Gasteiger charge is -2.21. The number of rotatable bonds is 5. The van der Waals surface area contributed by atoms with Gasteiger partial charge in [0, 0.05) is 11.6 Å². The molecule has 1 N–H and O–H groups in total. The van der Waals surface area contributed by atoms with E-state index in [1.807, 2.05) is 31.2 Å². The summed E-state index contributed by atoms with van der Waals surface area (Å²) in [5, 5.41) is 0.946. The summed E-state index contributed by atoms with van der Waals surface area (Å²) >= 11 is 6.03. The smallest absolute Gasteiger partial charge is 0.274 e. The summed E-state index contributed by atoms with van der Waals surface area (Å²) in [5.74, 6) is 0.124. The average molecular weight is 408 g/mol. The molecule has 146 valence electrons. The Bertz CT molecular complexity index is 1270. The van der Waals surface area contributed by atoms with Crippen LogP contribution in [-0.4, -0.2) is 37.3 Å². The molecule has 2 heterocycles. The van der Waals surface area contributed by atoms with Gasteiger partial charge in [0.15, 0.2) is 0 Å². The van der Waals surface area contributed by atoms with Crippen molar-refractivity contribution in [3.63, 3.8) is 0 Å². The maximum absolute atomic E-state index is 13.1. The van der Waals surface area contributed by atoms with Gasteiger partial charge in [-0.25, -0.2) is 9.97 Å². The van der Waals surface area contributed by atoms with Gasteiger partial charge in [-0.3, -0.25) is 14.6 Å². The number of aromatic amines is 1. The number of halogens is 1. The molecule has 29 heavy (non-hydrogen) atoms. The highest BCUT2D eigenvalue weighted by Gasteiger charge is 2.19. The Morgan fingerprint density at radius 3 is 2.69 bits per heavy atom. The van der Waals surface area contributed by atoms with Gasteiger partial charge in [-0.15, -0.1) is 0 Å². The third-order valence-corrected chi connectivity index (χ3v) is 4.74. The molecule has 8 heteroatoms. The van der Waals surface area contributed by atoms with E-state index < -0.39 is 0 Å². The van der Waals surface area contributed by atoms with Crippen molar-refractivity contribution in [2.45, 2.75) is 19.9 Å². The quantitative estimate of drug-likeness (QED) is 0.546. The van der Waals surface area contributed by atoms with Crippen LogP contribution in [0.5, 0.6) is 0 Å². The Morgan fingerprint density at radius 2 is 1.90 bits per heavy atom. The van der Waals surface area contributed by atoms with Gasteiger partial charge in [0.2, 0.25) is 0 Å². The second-order valence-electron chi connectivity index (χ2n) is 6.64. The number of fused-ring (bicyclic) bond motifs is 2. The fourth-order valence-corrected chi connectivity index (χ4v) is 3.33. The van der Waals surface area contributed by atoms with Gasteiger partial charge in [-0.2, -0.15) is 0 Å². The Balaban J connectivity index is 1.67. The molecule has 2 aromatic heterocycles. The number of hydrogen-bond donors (Lipinski definition) is 1. The molecule has 0 spiro atoms.